The van der Waals surface area contributed by atoms with Gasteiger partial charge in [-0.25, -0.2) is 13.2 Å². The summed E-state index contributed by atoms with van der Waals surface area (Å²) in [5.41, 5.74) is 0.680. The van der Waals surface area contributed by atoms with Crippen LogP contribution in [0.2, 0.25) is 0 Å². The number of H-pyrrole nitrogens is 1. The Kier molecular flexibility index (Phi) is 7.88. The van der Waals surface area contributed by atoms with Crippen LogP contribution in [0.3, 0.4) is 0 Å². The third-order valence-corrected chi connectivity index (χ3v) is 8.09. The van der Waals surface area contributed by atoms with Crippen molar-refractivity contribution in [3.8, 4) is 5.75 Å². The van der Waals surface area contributed by atoms with Gasteiger partial charge in [0.2, 0.25) is 10.0 Å². The zero-order chi connectivity index (χ0) is 25.7. The first kappa shape index (κ1) is 25.6. The zero-order valence-corrected chi connectivity index (χ0v) is 21.5. The number of aromatic amines is 1. The number of sulfonamides is 1. The average Bonchev–Trinajstić information content (AvgIpc) is 3.38. The molecule has 0 saturated carbocycles. The van der Waals surface area contributed by atoms with Crippen molar-refractivity contribution in [3.63, 3.8) is 0 Å². The van der Waals surface area contributed by atoms with E-state index in [-0.39, 0.29) is 41.3 Å². The number of nitrogens with zero attached hydrogens (tertiary/aromatic N) is 1. The summed E-state index contributed by atoms with van der Waals surface area (Å²) in [6.07, 6.45) is 0. The number of fused-ring (bicyclic) bond motifs is 1. The molecule has 36 heavy (non-hydrogen) atoms. The summed E-state index contributed by atoms with van der Waals surface area (Å²) in [7, 11) is -4.08. The molecular formula is C26H26N2O6S2. The first-order valence-corrected chi connectivity index (χ1v) is 13.7. The summed E-state index contributed by atoms with van der Waals surface area (Å²) in [6, 6.07) is 16.4. The van der Waals surface area contributed by atoms with Crippen LogP contribution in [-0.4, -0.2) is 36.9 Å². The molecule has 4 rings (SSSR count). The van der Waals surface area contributed by atoms with Gasteiger partial charge < -0.3 is 14.5 Å². The monoisotopic (exact) mass is 526 g/mol. The summed E-state index contributed by atoms with van der Waals surface area (Å²) in [5.74, 6) is 0.0530. The molecule has 2 aromatic carbocycles. The van der Waals surface area contributed by atoms with E-state index >= 15 is 0 Å². The van der Waals surface area contributed by atoms with Crippen LogP contribution in [0.25, 0.3) is 10.9 Å². The number of thiophene rings is 1. The molecule has 8 nitrogen and oxygen atoms in total. The van der Waals surface area contributed by atoms with Crippen LogP contribution < -0.4 is 10.3 Å². The van der Waals surface area contributed by atoms with Gasteiger partial charge in [0.1, 0.15) is 5.75 Å². The van der Waals surface area contributed by atoms with Gasteiger partial charge in [-0.3, -0.25) is 4.79 Å². The highest BCUT2D eigenvalue weighted by Crippen LogP contribution is 2.25. The largest absolute Gasteiger partial charge is 0.494 e. The molecule has 0 aliphatic heterocycles. The number of rotatable bonds is 10. The smallest absolute Gasteiger partial charge is 0.338 e. The van der Waals surface area contributed by atoms with Crippen LogP contribution in [0.1, 0.15) is 34.6 Å². The second-order valence-electron chi connectivity index (χ2n) is 7.91. The molecule has 0 aliphatic carbocycles. The number of nitrogens with one attached hydrogen (secondary N) is 1. The maximum Gasteiger partial charge on any atom is 0.338 e. The van der Waals surface area contributed by atoms with Gasteiger partial charge in [0.25, 0.3) is 5.56 Å². The average molecular weight is 527 g/mol. The molecule has 0 radical (unpaired) electrons. The van der Waals surface area contributed by atoms with Crippen molar-refractivity contribution in [2.24, 2.45) is 0 Å². The van der Waals surface area contributed by atoms with E-state index in [2.05, 4.69) is 4.98 Å². The van der Waals surface area contributed by atoms with E-state index in [1.807, 2.05) is 24.4 Å². The van der Waals surface area contributed by atoms with E-state index < -0.39 is 16.0 Å². The normalized spacial score (nSPS) is 11.6. The first-order chi connectivity index (χ1) is 17.3. The lowest BCUT2D eigenvalue weighted by molar-refractivity contribution is 0.0526. The standard InChI is InChI=1S/C26H26N2O6S2/c1-3-33-21-10-11-24-19(14-21)13-20(25(29)27-24)16-28(17-22-8-6-12-35-22)36(31,32)23-9-5-7-18(15-23)26(30)34-4-2/h5-15H,3-4,16-17H2,1-2H3,(H,27,29). The van der Waals surface area contributed by atoms with Crippen molar-refractivity contribution in [3.05, 3.63) is 92.4 Å². The number of hydrogen-bond donors (Lipinski definition) is 1. The summed E-state index contributed by atoms with van der Waals surface area (Å²) in [4.78, 5) is 28.7. The molecule has 2 aromatic heterocycles. The van der Waals surface area contributed by atoms with Crippen molar-refractivity contribution in [1.82, 2.24) is 9.29 Å². The Morgan fingerprint density at radius 1 is 1.00 bits per heavy atom. The highest BCUT2D eigenvalue weighted by molar-refractivity contribution is 7.89. The summed E-state index contributed by atoms with van der Waals surface area (Å²) in [5, 5.41) is 2.59. The van der Waals surface area contributed by atoms with Crippen molar-refractivity contribution >= 4 is 38.2 Å². The van der Waals surface area contributed by atoms with Crippen LogP contribution in [0.4, 0.5) is 0 Å². The minimum atomic E-state index is -4.08. The number of carbonyl (C=O) groups is 1. The second-order valence-corrected chi connectivity index (χ2v) is 10.9. The minimum absolute atomic E-state index is 0.0551. The maximum atomic E-state index is 13.8. The third-order valence-electron chi connectivity index (χ3n) is 5.45. The molecule has 0 saturated heterocycles. The number of benzene rings is 2. The molecule has 0 unspecified atom stereocenters. The Hall–Kier alpha value is -3.47. The van der Waals surface area contributed by atoms with Crippen molar-refractivity contribution in [1.29, 1.82) is 0 Å². The van der Waals surface area contributed by atoms with Gasteiger partial charge in [0.15, 0.2) is 0 Å². The highest BCUT2D eigenvalue weighted by Gasteiger charge is 2.27. The van der Waals surface area contributed by atoms with E-state index in [4.69, 9.17) is 9.47 Å². The second kappa shape index (κ2) is 11.1. The molecule has 10 heteroatoms. The lowest BCUT2D eigenvalue weighted by Gasteiger charge is -2.22. The number of esters is 1. The lowest BCUT2D eigenvalue weighted by Crippen LogP contribution is -2.32. The number of ether oxygens (including phenoxy) is 2. The first-order valence-electron chi connectivity index (χ1n) is 11.4. The van der Waals surface area contributed by atoms with E-state index in [1.165, 1.54) is 39.9 Å². The van der Waals surface area contributed by atoms with Gasteiger partial charge in [-0.1, -0.05) is 12.1 Å². The van der Waals surface area contributed by atoms with Crippen LogP contribution in [-0.2, 0) is 27.8 Å². The molecule has 0 fully saturated rings. The maximum absolute atomic E-state index is 13.8. The predicted octanol–water partition coefficient (Wildman–Crippen LogP) is 4.56. The van der Waals surface area contributed by atoms with Gasteiger partial charge in [0.05, 0.1) is 23.7 Å². The molecule has 0 atom stereocenters. The Morgan fingerprint density at radius 2 is 1.83 bits per heavy atom. The molecule has 2 heterocycles. The van der Waals surface area contributed by atoms with E-state index in [0.717, 1.165) is 10.3 Å². The van der Waals surface area contributed by atoms with Gasteiger partial charge in [-0.2, -0.15) is 4.31 Å². The van der Waals surface area contributed by atoms with Gasteiger partial charge >= 0.3 is 5.97 Å². The van der Waals surface area contributed by atoms with E-state index in [0.29, 0.717) is 17.9 Å². The number of pyridine rings is 1. The van der Waals surface area contributed by atoms with Gasteiger partial charge in [-0.05, 0) is 67.8 Å². The Labute approximate surface area is 213 Å². The van der Waals surface area contributed by atoms with Gasteiger partial charge in [-0.15, -0.1) is 11.3 Å². The van der Waals surface area contributed by atoms with Crippen LogP contribution >= 0.6 is 11.3 Å². The topological polar surface area (TPSA) is 106 Å². The van der Waals surface area contributed by atoms with Crippen molar-refractivity contribution < 1.29 is 22.7 Å². The molecule has 0 spiro atoms. The van der Waals surface area contributed by atoms with E-state index in [9.17, 15) is 18.0 Å². The number of carbonyl (C=O) groups excluding carboxylic acids is 1. The lowest BCUT2D eigenvalue weighted by atomic mass is 10.1. The zero-order valence-electron chi connectivity index (χ0n) is 19.9. The SMILES string of the molecule is CCOC(=O)c1cccc(S(=O)(=O)N(Cc2cccs2)Cc2cc3cc(OCC)ccc3[nH]c2=O)c1. The molecule has 0 amide bonds. The highest BCUT2D eigenvalue weighted by atomic mass is 32.2. The minimum Gasteiger partial charge on any atom is -0.494 e. The Morgan fingerprint density at radius 3 is 2.56 bits per heavy atom. The van der Waals surface area contributed by atoms with Crippen molar-refractivity contribution in [2.45, 2.75) is 31.8 Å². The molecule has 0 bridgehead atoms. The van der Waals surface area contributed by atoms with Crippen LogP contribution in [0.5, 0.6) is 5.75 Å². The fourth-order valence-electron chi connectivity index (χ4n) is 3.74. The van der Waals surface area contributed by atoms with Crippen molar-refractivity contribution in [2.75, 3.05) is 13.2 Å². The summed E-state index contributed by atoms with van der Waals surface area (Å²) in [6.45, 7) is 4.15. The fourth-order valence-corrected chi connectivity index (χ4v) is 5.99. The predicted molar refractivity (Wildman–Crippen MR) is 139 cm³/mol. The molecule has 188 valence electrons. The molecular weight excluding hydrogens is 500 g/mol. The molecule has 1 N–H and O–H groups in total. The fraction of sp³-hybridized carbons (Fsp3) is 0.231. The third kappa shape index (κ3) is 5.67. The summed E-state index contributed by atoms with van der Waals surface area (Å²) >= 11 is 1.42. The Bertz CT molecular complexity index is 1530. The van der Waals surface area contributed by atoms with Crippen LogP contribution in [0.15, 0.2) is 75.7 Å². The number of hydrogen-bond acceptors (Lipinski definition) is 7. The summed E-state index contributed by atoms with van der Waals surface area (Å²) < 4.78 is 39.3. The number of aromatic nitrogens is 1. The molecule has 4 aromatic rings. The quantitative estimate of drug-likeness (QED) is 0.304. The molecule has 0 aliphatic rings. The van der Waals surface area contributed by atoms with Gasteiger partial charge in [0, 0.05) is 34.4 Å². The van der Waals surface area contributed by atoms with E-state index in [1.54, 1.807) is 31.2 Å². The van der Waals surface area contributed by atoms with Crippen LogP contribution in [0, 0.1) is 0 Å². The Balaban J connectivity index is 1.74.